The predicted molar refractivity (Wildman–Crippen MR) is 106 cm³/mol. The number of carbonyl (C=O) groups is 1. The van der Waals surface area contributed by atoms with Gasteiger partial charge in [0.05, 0.1) is 18.5 Å². The smallest absolute Gasteiger partial charge is 0.229 e. The molecule has 0 aliphatic rings. The molecule has 0 spiro atoms. The SMILES string of the molecule is CN(C)c1ccc(CC(=O)Nc2ccn(Cc3ccc(C#N)c(F)c3)n2)cc1. The van der Waals surface area contributed by atoms with Crippen molar-refractivity contribution >= 4 is 17.4 Å². The van der Waals surface area contributed by atoms with Crippen molar-refractivity contribution in [1.82, 2.24) is 9.78 Å². The van der Waals surface area contributed by atoms with Gasteiger partial charge >= 0.3 is 0 Å². The van der Waals surface area contributed by atoms with Gasteiger partial charge in [0.15, 0.2) is 5.82 Å². The Morgan fingerprint density at radius 2 is 1.89 bits per heavy atom. The van der Waals surface area contributed by atoms with Gasteiger partial charge in [-0.15, -0.1) is 0 Å². The largest absolute Gasteiger partial charge is 0.378 e. The lowest BCUT2D eigenvalue weighted by atomic mass is 10.1. The number of hydrogen-bond acceptors (Lipinski definition) is 4. The quantitative estimate of drug-likeness (QED) is 0.716. The molecule has 2 aromatic carbocycles. The number of hydrogen-bond donors (Lipinski definition) is 1. The van der Waals surface area contributed by atoms with Crippen molar-refractivity contribution in [2.45, 2.75) is 13.0 Å². The summed E-state index contributed by atoms with van der Waals surface area (Å²) in [6.07, 6.45) is 1.96. The molecule has 1 aromatic heterocycles. The molecule has 0 saturated carbocycles. The van der Waals surface area contributed by atoms with Gasteiger partial charge in [-0.05, 0) is 35.4 Å². The summed E-state index contributed by atoms with van der Waals surface area (Å²) in [6, 6.07) is 15.7. The monoisotopic (exact) mass is 377 g/mol. The van der Waals surface area contributed by atoms with Crippen LogP contribution < -0.4 is 10.2 Å². The van der Waals surface area contributed by atoms with Crippen LogP contribution in [0.4, 0.5) is 15.9 Å². The number of amides is 1. The molecular weight excluding hydrogens is 357 g/mol. The van der Waals surface area contributed by atoms with Gasteiger partial charge in [-0.2, -0.15) is 10.4 Å². The van der Waals surface area contributed by atoms with Crippen LogP contribution in [0.1, 0.15) is 16.7 Å². The maximum atomic E-state index is 13.7. The van der Waals surface area contributed by atoms with Gasteiger partial charge in [0.2, 0.25) is 5.91 Å². The van der Waals surface area contributed by atoms with E-state index in [1.54, 1.807) is 29.1 Å². The van der Waals surface area contributed by atoms with Crippen molar-refractivity contribution in [2.24, 2.45) is 0 Å². The van der Waals surface area contributed by atoms with E-state index in [2.05, 4.69) is 10.4 Å². The summed E-state index contributed by atoms with van der Waals surface area (Å²) in [5.74, 6) is -0.280. The molecule has 0 aliphatic carbocycles. The molecule has 1 amide bonds. The van der Waals surface area contributed by atoms with Crippen LogP contribution in [0, 0.1) is 17.1 Å². The molecule has 6 nitrogen and oxygen atoms in total. The molecule has 0 radical (unpaired) electrons. The highest BCUT2D eigenvalue weighted by molar-refractivity contribution is 5.91. The van der Waals surface area contributed by atoms with Crippen molar-refractivity contribution in [3.63, 3.8) is 0 Å². The molecular formula is C21H20FN5O. The van der Waals surface area contributed by atoms with Gasteiger partial charge in [0, 0.05) is 32.0 Å². The van der Waals surface area contributed by atoms with Crippen LogP contribution in [0.25, 0.3) is 0 Å². The number of nitrogens with one attached hydrogen (secondary N) is 1. The van der Waals surface area contributed by atoms with Crippen LogP contribution in [0.15, 0.2) is 54.7 Å². The van der Waals surface area contributed by atoms with E-state index in [1.165, 1.54) is 12.1 Å². The second-order valence-electron chi connectivity index (χ2n) is 6.61. The number of rotatable bonds is 6. The lowest BCUT2D eigenvalue weighted by Crippen LogP contribution is -2.15. The Kier molecular flexibility index (Phi) is 5.70. The van der Waals surface area contributed by atoms with Crippen molar-refractivity contribution in [1.29, 1.82) is 5.26 Å². The molecule has 0 unspecified atom stereocenters. The highest BCUT2D eigenvalue weighted by Gasteiger charge is 2.08. The second-order valence-corrected chi connectivity index (χ2v) is 6.61. The number of halogens is 1. The maximum Gasteiger partial charge on any atom is 0.229 e. The summed E-state index contributed by atoms with van der Waals surface area (Å²) in [6.45, 7) is 0.338. The van der Waals surface area contributed by atoms with Crippen LogP contribution >= 0.6 is 0 Å². The average molecular weight is 377 g/mol. The number of carbonyl (C=O) groups excluding carboxylic acids is 1. The molecule has 1 N–H and O–H groups in total. The van der Waals surface area contributed by atoms with Crippen molar-refractivity contribution in [2.75, 3.05) is 24.3 Å². The third kappa shape index (κ3) is 4.74. The first kappa shape index (κ1) is 19.1. The summed E-state index contributed by atoms with van der Waals surface area (Å²) >= 11 is 0. The first-order valence-electron chi connectivity index (χ1n) is 8.72. The van der Waals surface area contributed by atoms with Crippen LogP contribution in [0.3, 0.4) is 0 Å². The number of anilines is 2. The Bertz CT molecular complexity index is 1020. The van der Waals surface area contributed by atoms with Gasteiger partial charge in [-0.3, -0.25) is 9.48 Å². The Balaban J connectivity index is 1.58. The predicted octanol–water partition coefficient (Wildman–Crippen LogP) is 3.19. The van der Waals surface area contributed by atoms with Gasteiger partial charge in [-0.1, -0.05) is 18.2 Å². The van der Waals surface area contributed by atoms with Crippen molar-refractivity contribution < 1.29 is 9.18 Å². The third-order valence-electron chi connectivity index (χ3n) is 4.22. The fourth-order valence-electron chi connectivity index (χ4n) is 2.74. The van der Waals surface area contributed by atoms with E-state index in [1.807, 2.05) is 43.3 Å². The third-order valence-corrected chi connectivity index (χ3v) is 4.22. The van der Waals surface area contributed by atoms with E-state index >= 15 is 0 Å². The zero-order valence-corrected chi connectivity index (χ0v) is 15.7. The van der Waals surface area contributed by atoms with Crippen LogP contribution in [0.2, 0.25) is 0 Å². The molecule has 0 saturated heterocycles. The lowest BCUT2D eigenvalue weighted by molar-refractivity contribution is -0.115. The number of aromatic nitrogens is 2. The van der Waals surface area contributed by atoms with E-state index in [-0.39, 0.29) is 17.9 Å². The Labute approximate surface area is 162 Å². The maximum absolute atomic E-state index is 13.7. The number of nitriles is 1. The Morgan fingerprint density at radius 3 is 2.54 bits per heavy atom. The van der Waals surface area contributed by atoms with Crippen LogP contribution in [0.5, 0.6) is 0 Å². The summed E-state index contributed by atoms with van der Waals surface area (Å²) in [5.41, 5.74) is 2.67. The zero-order chi connectivity index (χ0) is 20.1. The van der Waals surface area contributed by atoms with Gasteiger partial charge in [0.1, 0.15) is 11.9 Å². The first-order valence-corrected chi connectivity index (χ1v) is 8.72. The molecule has 3 aromatic rings. The standard InChI is InChI=1S/C21H20FN5O/c1-26(2)18-7-4-15(5-8-18)12-21(28)24-20-9-10-27(25-20)14-16-3-6-17(13-23)19(22)11-16/h3-11H,12,14H2,1-2H3,(H,24,25,28). The Morgan fingerprint density at radius 1 is 1.18 bits per heavy atom. The summed E-state index contributed by atoms with van der Waals surface area (Å²) in [5, 5.41) is 15.8. The van der Waals surface area contributed by atoms with Gasteiger partial charge in [0.25, 0.3) is 0 Å². The molecule has 7 heteroatoms. The topological polar surface area (TPSA) is 74.0 Å². The fourth-order valence-corrected chi connectivity index (χ4v) is 2.74. The van der Waals surface area contributed by atoms with E-state index in [0.717, 1.165) is 11.3 Å². The second kappa shape index (κ2) is 8.35. The summed E-state index contributed by atoms with van der Waals surface area (Å²) in [7, 11) is 3.93. The van der Waals surface area contributed by atoms with Crippen LogP contribution in [-0.2, 0) is 17.8 Å². The zero-order valence-electron chi connectivity index (χ0n) is 15.7. The highest BCUT2D eigenvalue weighted by Crippen LogP contribution is 2.14. The molecule has 0 bridgehead atoms. The fraction of sp³-hybridized carbons (Fsp3) is 0.190. The molecule has 0 fully saturated rings. The van der Waals surface area contributed by atoms with Crippen LogP contribution in [-0.4, -0.2) is 29.8 Å². The normalized spacial score (nSPS) is 10.4. The summed E-state index contributed by atoms with van der Waals surface area (Å²) in [4.78, 5) is 14.2. The molecule has 3 rings (SSSR count). The number of nitrogens with zero attached hydrogens (tertiary/aromatic N) is 4. The number of benzene rings is 2. The van der Waals surface area contributed by atoms with E-state index in [0.29, 0.717) is 17.9 Å². The minimum absolute atomic E-state index is 0.00998. The van der Waals surface area contributed by atoms with E-state index in [9.17, 15) is 9.18 Å². The molecule has 1 heterocycles. The molecule has 0 aliphatic heterocycles. The average Bonchev–Trinajstić information content (AvgIpc) is 3.09. The molecule has 28 heavy (non-hydrogen) atoms. The highest BCUT2D eigenvalue weighted by atomic mass is 19.1. The van der Waals surface area contributed by atoms with Crippen molar-refractivity contribution in [3.8, 4) is 6.07 Å². The molecule has 0 atom stereocenters. The van der Waals surface area contributed by atoms with E-state index < -0.39 is 5.82 Å². The molecule has 142 valence electrons. The Hall–Kier alpha value is -3.66. The van der Waals surface area contributed by atoms with Crippen molar-refractivity contribution in [3.05, 3.63) is 77.2 Å². The minimum atomic E-state index is -0.555. The minimum Gasteiger partial charge on any atom is -0.378 e. The summed E-state index contributed by atoms with van der Waals surface area (Å²) < 4.78 is 15.3. The van der Waals surface area contributed by atoms with Gasteiger partial charge in [-0.25, -0.2) is 4.39 Å². The van der Waals surface area contributed by atoms with Gasteiger partial charge < -0.3 is 10.2 Å². The first-order chi connectivity index (χ1) is 13.4. The van der Waals surface area contributed by atoms with E-state index in [4.69, 9.17) is 5.26 Å². The lowest BCUT2D eigenvalue weighted by Gasteiger charge is -2.12.